The van der Waals surface area contributed by atoms with E-state index in [0.29, 0.717) is 30.2 Å². The summed E-state index contributed by atoms with van der Waals surface area (Å²) < 4.78 is 13.4. The van der Waals surface area contributed by atoms with Gasteiger partial charge in [-0.2, -0.15) is 0 Å². The van der Waals surface area contributed by atoms with E-state index in [9.17, 15) is 54.0 Å². The van der Waals surface area contributed by atoms with Crippen LogP contribution in [0.4, 0.5) is 4.79 Å². The van der Waals surface area contributed by atoms with Crippen LogP contribution < -0.4 is 15.3 Å². The Kier molecular flexibility index (Phi) is 32.9. The van der Waals surface area contributed by atoms with Crippen LogP contribution in [-0.4, -0.2) is 102 Å². The Morgan fingerprint density at radius 2 is 0.841 bits per heavy atom. The molecule has 10 N–H and O–H groups in total. The first kappa shape index (κ1) is 88.8. The van der Waals surface area contributed by atoms with E-state index >= 15 is 0 Å². The zero-order chi connectivity index (χ0) is 82.4. The van der Waals surface area contributed by atoms with Gasteiger partial charge in [-0.1, -0.05) is 125 Å². The number of hydrogen-bond donors (Lipinski definition) is 10. The second kappa shape index (κ2) is 41.9. The van der Waals surface area contributed by atoms with Crippen molar-refractivity contribution in [2.45, 2.75) is 110 Å². The fourth-order valence-corrected chi connectivity index (χ4v) is 14.0. The van der Waals surface area contributed by atoms with Crippen molar-refractivity contribution < 1.29 is 74.0 Å². The first-order valence-electron chi connectivity index (χ1n) is 35.1. The molecule has 0 saturated carbocycles. The Balaban J connectivity index is 0.000000166. The summed E-state index contributed by atoms with van der Waals surface area (Å²) in [4.78, 5) is 94.6. The predicted molar refractivity (Wildman–Crippen MR) is 461 cm³/mol. The highest BCUT2D eigenvalue weighted by molar-refractivity contribution is 9.11. The number of carboxylic acid groups (broad SMARTS) is 6. The van der Waals surface area contributed by atoms with Crippen LogP contribution in [0.15, 0.2) is 220 Å². The number of aliphatic carboxylic acids is 5. The number of aryl methyl sites for hydroxylation is 3. The van der Waals surface area contributed by atoms with Crippen LogP contribution in [0.3, 0.4) is 0 Å². The molecule has 14 aromatic rings. The van der Waals surface area contributed by atoms with E-state index in [4.69, 9.17) is 20.1 Å². The smallest absolute Gasteiger partial charge is 0.419 e. The van der Waals surface area contributed by atoms with Crippen LogP contribution in [0.5, 0.6) is 0 Å². The van der Waals surface area contributed by atoms with E-state index < -0.39 is 47.5 Å². The van der Waals surface area contributed by atoms with Gasteiger partial charge < -0.3 is 84.8 Å². The molecule has 29 heteroatoms. The number of H-pyrrole nitrogens is 6. The lowest BCUT2D eigenvalue weighted by atomic mass is 10.1. The van der Waals surface area contributed by atoms with Crippen molar-refractivity contribution >= 4 is 236 Å². The SMILES string of the molecule is C=C(O)C(C)c1cc2cc(Br)ccc2[nH]1.CCC(C)(C)OC(=O)n1c(C(=O)[O-])cc2cc(Br)ccc21.O=C(O)CCCCc1cc2cc(Br)ccc2[nH]1.O=C(O)CCCc1cc2cc(Br)ccc2[nH]1.O=C(O)Cc1cc2cc(Br)ccc2[nH]1.O=C([O-])/C=C/c1cc2cc(Br)ccc2[nH]1.O=C([O-])CCc1cc2cc(Br)ccc2[nH]1. The molecule has 0 radical (unpaired) electrons. The number of halogens is 7. The molecule has 113 heavy (non-hydrogen) atoms. The Labute approximate surface area is 707 Å². The molecule has 0 aliphatic heterocycles. The summed E-state index contributed by atoms with van der Waals surface area (Å²) in [7, 11) is 0. The molecule has 22 nitrogen and oxygen atoms in total. The number of hydrogen-bond acceptors (Lipinski definition) is 12. The lowest BCUT2D eigenvalue weighted by Gasteiger charge is -2.24. The van der Waals surface area contributed by atoms with Gasteiger partial charge in [-0.25, -0.2) is 9.36 Å². The van der Waals surface area contributed by atoms with Gasteiger partial charge in [0.25, 0.3) is 0 Å². The van der Waals surface area contributed by atoms with Gasteiger partial charge >= 0.3 is 24.0 Å². The summed E-state index contributed by atoms with van der Waals surface area (Å²) in [5.41, 5.74) is 11.4. The van der Waals surface area contributed by atoms with Crippen molar-refractivity contribution in [3.8, 4) is 0 Å². The molecule has 1 unspecified atom stereocenters. The normalized spacial score (nSPS) is 11.3. The van der Waals surface area contributed by atoms with Crippen molar-refractivity contribution in [3.63, 3.8) is 0 Å². The van der Waals surface area contributed by atoms with Crippen LogP contribution in [0, 0.1) is 0 Å². The number of nitrogens with one attached hydrogen (secondary N) is 6. The number of aliphatic hydroxyl groups is 1. The standard InChI is InChI=1S/C15H16BrNO4.C13H14BrNO2.C12H12BrNO2.C12H12BrNO.C11H10BrNO2.C11H8BrNO2.C10H8BrNO2/c1-4-15(2,3)21-14(20)17-11-6-5-10(16)7-9(11)8-12(17)13(18)19;14-10-5-6-12-9(7-10)8-11(15-12)3-1-2-4-13(16)17;13-9-4-5-11-8(6-9)7-10(14-11)2-1-3-12(15)16;1-7(8(2)15)12-6-9-5-10(13)3-4-11(9)14-12;2*12-8-1-3-10-7(5-8)6-9(13-10)2-4-11(14)15;11-7-1-2-9-6(3-7)4-8(12-9)5-10(13)14/h5-8H,4H2,1-3H3,(H,18,19);5-8,15H,1-4H2,(H,16,17);4-7,14H,1-3H2,(H,15,16);3-7,14-15H,2H2,1H3;1,3,5-6,13H,2,4H2,(H,14,15);1-6,13H,(H,14,15);1-4,12H,5H2,(H,13,14)/p-3/b;;;;;4-2+;. The minimum Gasteiger partial charge on any atom is -0.550 e. The minimum atomic E-state index is -1.42. The highest BCUT2D eigenvalue weighted by atomic mass is 79.9. The number of unbranched alkanes of at least 4 members (excludes halogenated alkanes) is 1. The Morgan fingerprint density at radius 3 is 1.26 bits per heavy atom. The van der Waals surface area contributed by atoms with E-state index in [2.05, 4.69) is 166 Å². The van der Waals surface area contributed by atoms with Gasteiger partial charge in [0, 0.05) is 155 Å². The minimum absolute atomic E-state index is 0.0340. The van der Waals surface area contributed by atoms with Crippen molar-refractivity contribution in [1.29, 1.82) is 0 Å². The second-order valence-electron chi connectivity index (χ2n) is 26.5. The molecule has 0 saturated heterocycles. The fourth-order valence-electron chi connectivity index (χ4n) is 11.4. The molecule has 0 fully saturated rings. The van der Waals surface area contributed by atoms with Gasteiger partial charge in [-0.05, 0) is 254 Å². The summed E-state index contributed by atoms with van der Waals surface area (Å²) >= 11 is 23.7. The topological polar surface area (TPSA) is 378 Å². The molecule has 0 aliphatic carbocycles. The summed E-state index contributed by atoms with van der Waals surface area (Å²) in [6, 6.07) is 54.2. The van der Waals surface area contributed by atoms with Crippen molar-refractivity contribution in [2.24, 2.45) is 0 Å². The van der Waals surface area contributed by atoms with E-state index in [-0.39, 0.29) is 43.1 Å². The Bertz CT molecular complexity index is 5780. The number of aromatic carboxylic acids is 1. The predicted octanol–water partition coefficient (Wildman–Crippen LogP) is 20.0. The zero-order valence-electron chi connectivity index (χ0n) is 61.3. The molecular weight excluding hydrogens is 1910 g/mol. The van der Waals surface area contributed by atoms with Gasteiger partial charge in [0.2, 0.25) is 0 Å². The van der Waals surface area contributed by atoms with Crippen LogP contribution in [0.2, 0.25) is 0 Å². The summed E-state index contributed by atoms with van der Waals surface area (Å²) in [5, 5.41) is 74.1. The highest BCUT2D eigenvalue weighted by Crippen LogP contribution is 2.31. The highest BCUT2D eigenvalue weighted by Gasteiger charge is 2.25. The van der Waals surface area contributed by atoms with Gasteiger partial charge in [0.1, 0.15) is 5.60 Å². The maximum absolute atomic E-state index is 12.3. The molecule has 7 aromatic carbocycles. The molecular formula is C84H77Br7N7O15-3. The number of aromatic amines is 6. The molecule has 14 rings (SSSR count). The first-order valence-corrected chi connectivity index (χ1v) is 40.7. The van der Waals surface area contributed by atoms with Gasteiger partial charge in [0.05, 0.1) is 41.2 Å². The summed E-state index contributed by atoms with van der Waals surface area (Å²) in [6.07, 6.45) is 7.39. The number of ether oxygens (including phenoxy) is 1. The van der Waals surface area contributed by atoms with E-state index in [0.717, 1.165) is 156 Å². The number of aromatic nitrogens is 7. The van der Waals surface area contributed by atoms with E-state index in [1.54, 1.807) is 32.0 Å². The third kappa shape index (κ3) is 27.8. The number of carboxylic acids is 6. The van der Waals surface area contributed by atoms with Crippen LogP contribution in [0.1, 0.15) is 123 Å². The quantitative estimate of drug-likeness (QED) is 0.0182. The number of carbonyl (C=O) groups is 7. The maximum atomic E-state index is 12.3. The van der Waals surface area contributed by atoms with E-state index in [1.807, 2.05) is 141 Å². The average molecular weight is 1980 g/mol. The Morgan fingerprint density at radius 1 is 0.460 bits per heavy atom. The number of fused-ring (bicyclic) bond motifs is 7. The molecule has 0 amide bonds. The number of benzene rings is 7. The number of rotatable bonds is 21. The van der Waals surface area contributed by atoms with Crippen LogP contribution in [-0.2, 0) is 54.4 Å². The fraction of sp³-hybridized carbons (Fsp3) is 0.202. The molecule has 0 aliphatic rings. The molecule has 0 bridgehead atoms. The van der Waals surface area contributed by atoms with E-state index in [1.165, 1.54) is 23.2 Å². The second-order valence-corrected chi connectivity index (χ2v) is 32.9. The Hall–Kier alpha value is -9.75. The van der Waals surface area contributed by atoms with Crippen LogP contribution in [0.25, 0.3) is 82.4 Å². The maximum Gasteiger partial charge on any atom is 0.419 e. The largest absolute Gasteiger partial charge is 0.550 e. The lowest BCUT2D eigenvalue weighted by molar-refractivity contribution is -0.305. The molecule has 0 spiro atoms. The first-order chi connectivity index (χ1) is 53.6. The molecule has 7 heterocycles. The lowest BCUT2D eigenvalue weighted by Crippen LogP contribution is -2.33. The van der Waals surface area contributed by atoms with Crippen molar-refractivity contribution in [2.75, 3.05) is 0 Å². The number of aliphatic hydroxyl groups excluding tert-OH is 1. The van der Waals surface area contributed by atoms with Crippen molar-refractivity contribution in [3.05, 3.63) is 259 Å². The molecule has 7 aromatic heterocycles. The molecule has 590 valence electrons. The summed E-state index contributed by atoms with van der Waals surface area (Å²) in [5.74, 6) is -5.80. The molecule has 1 atom stereocenters. The average Bonchev–Trinajstić information content (AvgIpc) is 1.62. The van der Waals surface area contributed by atoms with Gasteiger partial charge in [-0.3, -0.25) is 14.4 Å². The third-order valence-corrected chi connectivity index (χ3v) is 20.8. The van der Waals surface area contributed by atoms with Gasteiger partial charge in [-0.15, -0.1) is 0 Å². The third-order valence-electron chi connectivity index (χ3n) is 17.4. The zero-order valence-corrected chi connectivity index (χ0v) is 72.4. The summed E-state index contributed by atoms with van der Waals surface area (Å²) in [6.45, 7) is 10.9. The number of allylic oxidation sites excluding steroid dienone is 1. The number of nitrogens with zero attached hydrogens (tertiary/aromatic N) is 1. The number of carbonyl (C=O) groups excluding carboxylic acids is 4. The monoisotopic (exact) mass is 1980 g/mol. The van der Waals surface area contributed by atoms with Gasteiger partial charge in [0.15, 0.2) is 0 Å². The van der Waals surface area contributed by atoms with Crippen molar-refractivity contribution in [1.82, 2.24) is 34.5 Å². The van der Waals surface area contributed by atoms with Crippen LogP contribution >= 0.6 is 112 Å².